The number of hydrogen-bond acceptors (Lipinski definition) is 3. The number of nitrogens with zero attached hydrogens (tertiary/aromatic N) is 2. The molecule has 0 fully saturated rings. The lowest BCUT2D eigenvalue weighted by molar-refractivity contribution is -0.117. The van der Waals surface area contributed by atoms with Crippen molar-refractivity contribution < 1.29 is 22.7 Å². The van der Waals surface area contributed by atoms with Crippen LogP contribution in [0.3, 0.4) is 0 Å². The quantitative estimate of drug-likeness (QED) is 0.776. The highest BCUT2D eigenvalue weighted by Crippen LogP contribution is 2.26. The van der Waals surface area contributed by atoms with Crippen LogP contribution in [0.25, 0.3) is 0 Å². The zero-order valence-electron chi connectivity index (χ0n) is 9.41. The molecule has 0 radical (unpaired) electrons. The van der Waals surface area contributed by atoms with Gasteiger partial charge in [0.1, 0.15) is 5.69 Å². The molecule has 0 saturated carbocycles. The second kappa shape index (κ2) is 4.77. The van der Waals surface area contributed by atoms with Gasteiger partial charge in [0, 0.05) is 19.2 Å². The van der Waals surface area contributed by atoms with Gasteiger partial charge in [0.2, 0.25) is 0 Å². The first-order valence-corrected chi connectivity index (χ1v) is 5.05. The van der Waals surface area contributed by atoms with Gasteiger partial charge in [-0.2, -0.15) is 10.1 Å². The van der Waals surface area contributed by atoms with Gasteiger partial charge in [-0.1, -0.05) is 0 Å². The van der Waals surface area contributed by atoms with Crippen molar-refractivity contribution in [3.8, 4) is 0 Å². The molecule has 1 aliphatic heterocycles. The van der Waals surface area contributed by atoms with E-state index in [-0.39, 0.29) is 13.0 Å². The van der Waals surface area contributed by atoms with Gasteiger partial charge in [-0.25, -0.2) is 13.2 Å². The maximum absolute atomic E-state index is 13.5. The minimum atomic E-state index is -1.32. The monoisotopic (exact) mass is 258 g/mol. The van der Waals surface area contributed by atoms with E-state index in [4.69, 9.17) is 4.74 Å². The molecule has 96 valence electrons. The predicted molar refractivity (Wildman–Crippen MR) is 57.7 cm³/mol. The van der Waals surface area contributed by atoms with E-state index in [2.05, 4.69) is 5.10 Å². The molecular formula is C11H9F3N2O2. The molecule has 18 heavy (non-hydrogen) atoms. The molecule has 0 N–H and O–H groups in total. The number of ether oxygens (including phenoxy) is 1. The molecule has 4 nitrogen and oxygen atoms in total. The zero-order chi connectivity index (χ0) is 13.3. The van der Waals surface area contributed by atoms with Crippen molar-refractivity contribution in [2.75, 3.05) is 18.7 Å². The highest BCUT2D eigenvalue weighted by molar-refractivity contribution is 6.13. The van der Waals surface area contributed by atoms with Gasteiger partial charge in [-0.05, 0) is 0 Å². The number of benzene rings is 1. The van der Waals surface area contributed by atoms with E-state index in [1.165, 1.54) is 7.11 Å². The summed E-state index contributed by atoms with van der Waals surface area (Å²) < 4.78 is 44.1. The van der Waals surface area contributed by atoms with Crippen molar-refractivity contribution in [3.63, 3.8) is 0 Å². The van der Waals surface area contributed by atoms with Crippen LogP contribution in [-0.2, 0) is 9.53 Å². The zero-order valence-corrected chi connectivity index (χ0v) is 9.41. The van der Waals surface area contributed by atoms with Gasteiger partial charge < -0.3 is 4.74 Å². The van der Waals surface area contributed by atoms with Crippen molar-refractivity contribution in [1.82, 2.24) is 0 Å². The highest BCUT2D eigenvalue weighted by atomic mass is 19.2. The Morgan fingerprint density at radius 3 is 2.61 bits per heavy atom. The van der Waals surface area contributed by atoms with Crippen molar-refractivity contribution >= 4 is 17.3 Å². The van der Waals surface area contributed by atoms with E-state index in [1.54, 1.807) is 0 Å². The Balaban J connectivity index is 2.37. The summed E-state index contributed by atoms with van der Waals surface area (Å²) in [6.07, 6.45) is -0.0354. The molecule has 1 heterocycles. The SMILES string of the molecule is COCC1=NN(c2cc(F)c(F)cc2F)C(=O)C1. The third-order valence-corrected chi connectivity index (χ3v) is 2.36. The number of rotatable bonds is 3. The van der Waals surface area contributed by atoms with Crippen LogP contribution in [-0.4, -0.2) is 25.3 Å². The van der Waals surface area contributed by atoms with Crippen LogP contribution in [0.5, 0.6) is 0 Å². The van der Waals surface area contributed by atoms with Crippen LogP contribution in [0.4, 0.5) is 18.9 Å². The van der Waals surface area contributed by atoms with Crippen LogP contribution in [0.2, 0.25) is 0 Å². The van der Waals surface area contributed by atoms with Gasteiger partial charge in [0.25, 0.3) is 5.91 Å². The van der Waals surface area contributed by atoms with Gasteiger partial charge in [-0.15, -0.1) is 0 Å². The number of hydrazone groups is 1. The first-order chi connectivity index (χ1) is 8.52. The minimum absolute atomic E-state index is 0.0354. The lowest BCUT2D eigenvalue weighted by Gasteiger charge is -2.12. The fourth-order valence-electron chi connectivity index (χ4n) is 1.59. The molecule has 0 bridgehead atoms. The summed E-state index contributed by atoms with van der Waals surface area (Å²) in [5.74, 6) is -4.13. The van der Waals surface area contributed by atoms with Crippen molar-refractivity contribution in [2.24, 2.45) is 5.10 Å². The van der Waals surface area contributed by atoms with E-state index in [0.717, 1.165) is 0 Å². The standard InChI is InChI=1S/C11H9F3N2O2/c1-18-5-6-2-11(17)16(15-6)10-4-8(13)7(12)3-9(10)14/h3-4H,2,5H2,1H3. The summed E-state index contributed by atoms with van der Waals surface area (Å²) in [6, 6.07) is 0.976. The molecule has 1 amide bonds. The summed E-state index contributed by atoms with van der Waals surface area (Å²) >= 11 is 0. The Morgan fingerprint density at radius 1 is 1.28 bits per heavy atom. The van der Waals surface area contributed by atoms with Crippen molar-refractivity contribution in [2.45, 2.75) is 6.42 Å². The molecule has 0 saturated heterocycles. The van der Waals surface area contributed by atoms with Crippen LogP contribution in [0, 0.1) is 17.5 Å². The molecular weight excluding hydrogens is 249 g/mol. The van der Waals surface area contributed by atoms with Crippen molar-refractivity contribution in [1.29, 1.82) is 0 Å². The van der Waals surface area contributed by atoms with Gasteiger partial charge in [0.05, 0.1) is 18.7 Å². The van der Waals surface area contributed by atoms with Crippen molar-refractivity contribution in [3.05, 3.63) is 29.6 Å². The fourth-order valence-corrected chi connectivity index (χ4v) is 1.59. The Morgan fingerprint density at radius 2 is 1.94 bits per heavy atom. The number of halogens is 3. The summed E-state index contributed by atoms with van der Waals surface area (Å²) in [6.45, 7) is 0.119. The van der Waals surface area contributed by atoms with E-state index < -0.39 is 29.0 Å². The number of hydrogen-bond donors (Lipinski definition) is 0. The summed E-state index contributed by atoms with van der Waals surface area (Å²) in [5.41, 5.74) is -0.0170. The Bertz CT molecular complexity index is 531. The molecule has 0 atom stereocenters. The minimum Gasteiger partial charge on any atom is -0.379 e. The smallest absolute Gasteiger partial charge is 0.253 e. The molecule has 1 aliphatic rings. The van der Waals surface area contributed by atoms with Gasteiger partial charge >= 0.3 is 0 Å². The number of amides is 1. The predicted octanol–water partition coefficient (Wildman–Crippen LogP) is 1.84. The Kier molecular flexibility index (Phi) is 3.33. The molecule has 0 aromatic heterocycles. The van der Waals surface area contributed by atoms with E-state index in [9.17, 15) is 18.0 Å². The lowest BCUT2D eigenvalue weighted by Crippen LogP contribution is -2.21. The van der Waals surface area contributed by atoms with Crippen LogP contribution >= 0.6 is 0 Å². The second-order valence-electron chi connectivity index (χ2n) is 3.70. The molecule has 0 unspecified atom stereocenters. The average Bonchev–Trinajstić information content (AvgIpc) is 2.65. The summed E-state index contributed by atoms with van der Waals surface area (Å²) in [4.78, 5) is 11.6. The molecule has 0 spiro atoms. The third kappa shape index (κ3) is 2.21. The van der Waals surface area contributed by atoms with E-state index in [0.29, 0.717) is 22.9 Å². The number of methoxy groups -OCH3 is 1. The van der Waals surface area contributed by atoms with Gasteiger partial charge in [-0.3, -0.25) is 4.79 Å². The first-order valence-electron chi connectivity index (χ1n) is 5.05. The maximum Gasteiger partial charge on any atom is 0.253 e. The molecule has 0 aliphatic carbocycles. The fraction of sp³-hybridized carbons (Fsp3) is 0.273. The largest absolute Gasteiger partial charge is 0.379 e. The van der Waals surface area contributed by atoms with Gasteiger partial charge in [0.15, 0.2) is 17.5 Å². The number of carbonyl (C=O) groups excluding carboxylic acids is 1. The number of carbonyl (C=O) groups is 1. The maximum atomic E-state index is 13.5. The summed E-state index contributed by atoms with van der Waals surface area (Å²) in [5, 5.41) is 4.52. The molecule has 1 aromatic rings. The molecule has 1 aromatic carbocycles. The van der Waals surface area contributed by atoms with Crippen LogP contribution in [0.15, 0.2) is 17.2 Å². The molecule has 7 heteroatoms. The third-order valence-electron chi connectivity index (χ3n) is 2.36. The first kappa shape index (κ1) is 12.6. The topological polar surface area (TPSA) is 41.9 Å². The normalized spacial score (nSPS) is 15.2. The van der Waals surface area contributed by atoms with Crippen LogP contribution < -0.4 is 5.01 Å². The molecule has 2 rings (SSSR count). The average molecular weight is 258 g/mol. The van der Waals surface area contributed by atoms with E-state index >= 15 is 0 Å². The second-order valence-corrected chi connectivity index (χ2v) is 3.70. The highest BCUT2D eigenvalue weighted by Gasteiger charge is 2.28. The Labute approximate surface area is 101 Å². The number of anilines is 1. The lowest BCUT2D eigenvalue weighted by atomic mass is 10.2. The van der Waals surface area contributed by atoms with Crippen LogP contribution in [0.1, 0.15) is 6.42 Å². The Hall–Kier alpha value is -1.89. The van der Waals surface area contributed by atoms with E-state index in [1.807, 2.05) is 0 Å². The summed E-state index contributed by atoms with van der Waals surface area (Å²) in [7, 11) is 1.42.